The molecular weight excluding hydrogens is 397 g/mol. The quantitative estimate of drug-likeness (QED) is 0.645. The number of hydrogen-bond donors (Lipinski definition) is 2. The van der Waals surface area contributed by atoms with Crippen LogP contribution in [0.3, 0.4) is 0 Å². The van der Waals surface area contributed by atoms with Crippen LogP contribution in [0.5, 0.6) is 5.75 Å². The molecule has 4 rings (SSSR count). The van der Waals surface area contributed by atoms with Gasteiger partial charge in [0.2, 0.25) is 0 Å². The SMILES string of the molecule is COc1ccc(C(=O)N2CCc3c(cccc3NC(=O)Nc3ccccc3)C2)cc1F. The normalized spacial score (nSPS) is 12.6. The lowest BCUT2D eigenvalue weighted by Gasteiger charge is -2.30. The first-order valence-electron chi connectivity index (χ1n) is 9.92. The molecule has 0 aliphatic carbocycles. The zero-order valence-electron chi connectivity index (χ0n) is 17.0. The molecule has 0 bridgehead atoms. The van der Waals surface area contributed by atoms with Gasteiger partial charge in [-0.3, -0.25) is 4.79 Å². The molecule has 3 aromatic rings. The molecule has 1 heterocycles. The molecule has 0 aromatic heterocycles. The van der Waals surface area contributed by atoms with E-state index in [9.17, 15) is 14.0 Å². The largest absolute Gasteiger partial charge is 0.494 e. The number of rotatable bonds is 4. The number of hydrogen-bond acceptors (Lipinski definition) is 3. The monoisotopic (exact) mass is 419 g/mol. The topological polar surface area (TPSA) is 70.7 Å². The minimum absolute atomic E-state index is 0.102. The number of urea groups is 1. The average molecular weight is 419 g/mol. The van der Waals surface area contributed by atoms with Crippen molar-refractivity contribution in [2.24, 2.45) is 0 Å². The Balaban J connectivity index is 1.47. The number of amides is 3. The van der Waals surface area contributed by atoms with Crippen LogP contribution in [0.25, 0.3) is 0 Å². The van der Waals surface area contributed by atoms with Gasteiger partial charge in [-0.1, -0.05) is 30.3 Å². The first-order chi connectivity index (χ1) is 15.0. The van der Waals surface area contributed by atoms with Gasteiger partial charge in [-0.15, -0.1) is 0 Å². The molecule has 1 aliphatic rings. The number of nitrogens with one attached hydrogen (secondary N) is 2. The number of halogens is 1. The molecule has 0 unspecified atom stereocenters. The number of anilines is 2. The predicted octanol–water partition coefficient (Wildman–Crippen LogP) is 4.68. The van der Waals surface area contributed by atoms with Crippen LogP contribution in [-0.2, 0) is 13.0 Å². The Hall–Kier alpha value is -3.87. The molecule has 31 heavy (non-hydrogen) atoms. The highest BCUT2D eigenvalue weighted by Crippen LogP contribution is 2.28. The first-order valence-corrected chi connectivity index (χ1v) is 9.92. The molecule has 0 atom stereocenters. The van der Waals surface area contributed by atoms with E-state index >= 15 is 0 Å². The van der Waals surface area contributed by atoms with E-state index < -0.39 is 5.82 Å². The first kappa shape index (κ1) is 20.4. The molecular formula is C24H22FN3O3. The number of carbonyl (C=O) groups is 2. The van der Waals surface area contributed by atoms with Crippen LogP contribution >= 0.6 is 0 Å². The lowest BCUT2D eigenvalue weighted by Crippen LogP contribution is -2.36. The minimum atomic E-state index is -0.568. The van der Waals surface area contributed by atoms with Crippen molar-refractivity contribution in [3.05, 3.63) is 89.2 Å². The Labute approximate surface area is 179 Å². The van der Waals surface area contributed by atoms with Gasteiger partial charge in [0.15, 0.2) is 11.6 Å². The van der Waals surface area contributed by atoms with E-state index in [1.54, 1.807) is 11.0 Å². The molecule has 0 spiro atoms. The molecule has 7 heteroatoms. The fourth-order valence-electron chi connectivity index (χ4n) is 3.69. The van der Waals surface area contributed by atoms with E-state index in [0.717, 1.165) is 11.1 Å². The van der Waals surface area contributed by atoms with Crippen molar-refractivity contribution in [3.63, 3.8) is 0 Å². The predicted molar refractivity (Wildman–Crippen MR) is 117 cm³/mol. The van der Waals surface area contributed by atoms with Gasteiger partial charge in [-0.2, -0.15) is 0 Å². The summed E-state index contributed by atoms with van der Waals surface area (Å²) in [4.78, 5) is 26.9. The van der Waals surface area contributed by atoms with E-state index in [1.165, 1.54) is 19.2 Å². The van der Waals surface area contributed by atoms with E-state index in [2.05, 4.69) is 10.6 Å². The number of para-hydroxylation sites is 1. The van der Waals surface area contributed by atoms with Crippen molar-refractivity contribution in [3.8, 4) is 5.75 Å². The molecule has 0 radical (unpaired) electrons. The summed E-state index contributed by atoms with van der Waals surface area (Å²) in [6.07, 6.45) is 0.585. The standard InChI is InChI=1S/C24H22FN3O3/c1-31-22-11-10-16(14-20(22)25)23(29)28-13-12-19-17(15-28)6-5-9-21(19)27-24(30)26-18-7-3-2-4-8-18/h2-11,14H,12-13,15H2,1H3,(H2,26,27,30). The van der Waals surface area contributed by atoms with Gasteiger partial charge in [0.1, 0.15) is 0 Å². The summed E-state index contributed by atoms with van der Waals surface area (Å²) in [5, 5.41) is 5.70. The summed E-state index contributed by atoms with van der Waals surface area (Å²) in [5.41, 5.74) is 3.64. The Morgan fingerprint density at radius 3 is 2.55 bits per heavy atom. The third-order valence-corrected chi connectivity index (χ3v) is 5.23. The second kappa shape index (κ2) is 8.87. The number of benzene rings is 3. The number of carbonyl (C=O) groups excluding carboxylic acids is 2. The van der Waals surface area contributed by atoms with Crippen LogP contribution in [0.4, 0.5) is 20.6 Å². The van der Waals surface area contributed by atoms with Crippen molar-refractivity contribution in [1.82, 2.24) is 4.90 Å². The zero-order valence-corrected chi connectivity index (χ0v) is 17.0. The van der Waals surface area contributed by atoms with Crippen molar-refractivity contribution in [1.29, 1.82) is 0 Å². The van der Waals surface area contributed by atoms with E-state index in [-0.39, 0.29) is 23.3 Å². The second-order valence-electron chi connectivity index (χ2n) is 7.21. The summed E-state index contributed by atoms with van der Waals surface area (Å²) in [5.74, 6) is -0.709. The Bertz CT molecular complexity index is 1120. The van der Waals surface area contributed by atoms with Gasteiger partial charge >= 0.3 is 6.03 Å². The maximum atomic E-state index is 14.0. The van der Waals surface area contributed by atoms with Crippen LogP contribution in [0.2, 0.25) is 0 Å². The maximum absolute atomic E-state index is 14.0. The third kappa shape index (κ3) is 4.50. The minimum Gasteiger partial charge on any atom is -0.494 e. The van der Waals surface area contributed by atoms with Crippen LogP contribution < -0.4 is 15.4 Å². The molecule has 0 fully saturated rings. The van der Waals surface area contributed by atoms with Gasteiger partial charge in [0.05, 0.1) is 7.11 Å². The summed E-state index contributed by atoms with van der Waals surface area (Å²) in [6, 6.07) is 18.7. The Morgan fingerprint density at radius 1 is 1.00 bits per heavy atom. The number of nitrogens with zero attached hydrogens (tertiary/aromatic N) is 1. The van der Waals surface area contributed by atoms with Gasteiger partial charge < -0.3 is 20.3 Å². The van der Waals surface area contributed by atoms with E-state index in [0.29, 0.717) is 30.9 Å². The van der Waals surface area contributed by atoms with Crippen molar-refractivity contribution < 1.29 is 18.7 Å². The van der Waals surface area contributed by atoms with Crippen molar-refractivity contribution in [2.75, 3.05) is 24.3 Å². The highest BCUT2D eigenvalue weighted by atomic mass is 19.1. The number of methoxy groups -OCH3 is 1. The van der Waals surface area contributed by atoms with Crippen molar-refractivity contribution in [2.45, 2.75) is 13.0 Å². The molecule has 2 N–H and O–H groups in total. The summed E-state index contributed by atoms with van der Waals surface area (Å²) >= 11 is 0. The smallest absolute Gasteiger partial charge is 0.323 e. The van der Waals surface area contributed by atoms with Crippen LogP contribution in [0, 0.1) is 5.82 Å². The number of fused-ring (bicyclic) bond motifs is 1. The molecule has 3 amide bonds. The highest BCUT2D eigenvalue weighted by Gasteiger charge is 2.24. The van der Waals surface area contributed by atoms with Crippen molar-refractivity contribution >= 4 is 23.3 Å². The Morgan fingerprint density at radius 2 is 1.81 bits per heavy atom. The lowest BCUT2D eigenvalue weighted by atomic mass is 9.97. The third-order valence-electron chi connectivity index (χ3n) is 5.23. The van der Waals surface area contributed by atoms with Gasteiger partial charge in [-0.05, 0) is 53.9 Å². The lowest BCUT2D eigenvalue weighted by molar-refractivity contribution is 0.0734. The zero-order chi connectivity index (χ0) is 21.8. The van der Waals surface area contributed by atoms with Crippen LogP contribution in [0.1, 0.15) is 21.5 Å². The summed E-state index contributed by atoms with van der Waals surface area (Å²) in [6.45, 7) is 0.857. The van der Waals surface area contributed by atoms with E-state index in [4.69, 9.17) is 4.74 Å². The van der Waals surface area contributed by atoms with Gasteiger partial charge in [0.25, 0.3) is 5.91 Å². The van der Waals surface area contributed by atoms with Gasteiger partial charge in [-0.25, -0.2) is 9.18 Å². The highest BCUT2D eigenvalue weighted by molar-refractivity contribution is 6.00. The molecule has 158 valence electrons. The van der Waals surface area contributed by atoms with Gasteiger partial charge in [0, 0.05) is 30.0 Å². The summed E-state index contributed by atoms with van der Waals surface area (Å²) < 4.78 is 18.9. The maximum Gasteiger partial charge on any atom is 0.323 e. The second-order valence-corrected chi connectivity index (χ2v) is 7.21. The molecule has 3 aromatic carbocycles. The number of ether oxygens (including phenoxy) is 1. The van der Waals surface area contributed by atoms with Crippen LogP contribution in [0.15, 0.2) is 66.7 Å². The van der Waals surface area contributed by atoms with E-state index in [1.807, 2.05) is 48.5 Å². The average Bonchev–Trinajstić information content (AvgIpc) is 2.79. The van der Waals surface area contributed by atoms with Crippen LogP contribution in [-0.4, -0.2) is 30.5 Å². The Kier molecular flexibility index (Phi) is 5.84. The molecule has 0 saturated heterocycles. The fraction of sp³-hybridized carbons (Fsp3) is 0.167. The molecule has 1 aliphatic heterocycles. The molecule has 6 nitrogen and oxygen atoms in total. The fourth-order valence-corrected chi connectivity index (χ4v) is 3.69. The molecule has 0 saturated carbocycles. The summed E-state index contributed by atoms with van der Waals surface area (Å²) in [7, 11) is 1.38.